The number of carbonyl (C=O) groups excluding carboxylic acids is 1. The zero-order chi connectivity index (χ0) is 21.2. The van der Waals surface area contributed by atoms with Crippen molar-refractivity contribution in [3.05, 3.63) is 70.1 Å². The SMILES string of the molecule is CCC(c1cccc(NC(=O)CC(C)(C)N)c1)c1c(O)c2ccccc2oc1=O. The maximum absolute atomic E-state index is 12.6. The fourth-order valence-electron chi connectivity index (χ4n) is 3.51. The molecule has 3 rings (SSSR count). The Hall–Kier alpha value is -3.12. The summed E-state index contributed by atoms with van der Waals surface area (Å²) in [6.07, 6.45) is 0.757. The van der Waals surface area contributed by atoms with E-state index in [2.05, 4.69) is 5.32 Å². The van der Waals surface area contributed by atoms with Crippen molar-refractivity contribution in [1.82, 2.24) is 0 Å². The molecule has 0 fully saturated rings. The molecule has 152 valence electrons. The Balaban J connectivity index is 1.99. The number of carbonyl (C=O) groups is 1. The van der Waals surface area contributed by atoms with Crippen molar-refractivity contribution in [2.45, 2.75) is 45.1 Å². The maximum atomic E-state index is 12.6. The maximum Gasteiger partial charge on any atom is 0.343 e. The Kier molecular flexibility index (Phi) is 5.75. The van der Waals surface area contributed by atoms with Crippen LogP contribution in [0.2, 0.25) is 0 Å². The molecule has 0 aliphatic carbocycles. The normalized spacial score (nSPS) is 12.7. The lowest BCUT2D eigenvalue weighted by Gasteiger charge is -2.19. The number of hydrogen-bond donors (Lipinski definition) is 3. The Morgan fingerprint density at radius 3 is 2.62 bits per heavy atom. The van der Waals surface area contributed by atoms with E-state index in [-0.39, 0.29) is 29.6 Å². The first kappa shape index (κ1) is 20.6. The van der Waals surface area contributed by atoms with Gasteiger partial charge in [0.2, 0.25) is 5.91 Å². The molecule has 1 atom stereocenters. The first-order valence-electron chi connectivity index (χ1n) is 9.63. The molecule has 0 saturated carbocycles. The molecule has 0 bridgehead atoms. The molecule has 1 heterocycles. The predicted molar refractivity (Wildman–Crippen MR) is 114 cm³/mol. The van der Waals surface area contributed by atoms with Gasteiger partial charge in [0, 0.05) is 23.6 Å². The molecule has 1 amide bonds. The zero-order valence-corrected chi connectivity index (χ0v) is 16.9. The number of amides is 1. The van der Waals surface area contributed by atoms with E-state index in [1.165, 1.54) is 0 Å². The molecule has 0 saturated heterocycles. The summed E-state index contributed by atoms with van der Waals surface area (Å²) in [5.74, 6) is -0.627. The van der Waals surface area contributed by atoms with Gasteiger partial charge in [0.15, 0.2) is 0 Å². The van der Waals surface area contributed by atoms with Crippen molar-refractivity contribution in [3.63, 3.8) is 0 Å². The molecule has 0 aliphatic rings. The smallest absolute Gasteiger partial charge is 0.343 e. The number of nitrogens with two attached hydrogens (primary N) is 1. The average molecular weight is 394 g/mol. The van der Waals surface area contributed by atoms with Crippen LogP contribution >= 0.6 is 0 Å². The predicted octanol–water partition coefficient (Wildman–Crippen LogP) is 4.11. The Morgan fingerprint density at radius 1 is 1.21 bits per heavy atom. The molecule has 0 spiro atoms. The number of rotatable bonds is 6. The molecule has 1 unspecified atom stereocenters. The van der Waals surface area contributed by atoms with Gasteiger partial charge in [0.05, 0.1) is 10.9 Å². The van der Waals surface area contributed by atoms with Crippen molar-refractivity contribution in [2.24, 2.45) is 5.73 Å². The van der Waals surface area contributed by atoms with E-state index >= 15 is 0 Å². The van der Waals surface area contributed by atoms with Crippen LogP contribution in [0, 0.1) is 0 Å². The summed E-state index contributed by atoms with van der Waals surface area (Å²) in [4.78, 5) is 24.8. The summed E-state index contributed by atoms with van der Waals surface area (Å²) in [6, 6.07) is 14.2. The van der Waals surface area contributed by atoms with Crippen molar-refractivity contribution in [1.29, 1.82) is 0 Å². The molecule has 29 heavy (non-hydrogen) atoms. The standard InChI is InChI=1S/C23H26N2O4/c1-4-16(20-21(27)17-10-5-6-11-18(17)29-22(20)28)14-8-7-9-15(12-14)25-19(26)13-23(2,3)24/h5-12,16,27H,4,13,24H2,1-3H3,(H,25,26). The first-order valence-corrected chi connectivity index (χ1v) is 9.63. The van der Waals surface area contributed by atoms with Crippen molar-refractivity contribution in [2.75, 3.05) is 5.32 Å². The van der Waals surface area contributed by atoms with Crippen molar-refractivity contribution in [3.8, 4) is 5.75 Å². The first-order chi connectivity index (χ1) is 13.7. The van der Waals surface area contributed by atoms with E-state index in [1.807, 2.05) is 19.1 Å². The van der Waals surface area contributed by atoms with Crippen LogP contribution in [0.5, 0.6) is 5.75 Å². The number of hydrogen-bond acceptors (Lipinski definition) is 5. The summed E-state index contributed by atoms with van der Waals surface area (Å²) in [5.41, 5.74) is 6.72. The molecular weight excluding hydrogens is 368 g/mol. The van der Waals surface area contributed by atoms with E-state index in [1.54, 1.807) is 50.2 Å². The lowest BCUT2D eigenvalue weighted by Crippen LogP contribution is -2.36. The molecule has 2 aromatic carbocycles. The third-order valence-electron chi connectivity index (χ3n) is 4.77. The number of anilines is 1. The second kappa shape index (κ2) is 8.09. The van der Waals surface area contributed by atoms with Crippen LogP contribution < -0.4 is 16.7 Å². The van der Waals surface area contributed by atoms with Crippen LogP contribution in [0.15, 0.2) is 57.7 Å². The fraction of sp³-hybridized carbons (Fsp3) is 0.304. The van der Waals surface area contributed by atoms with Crippen LogP contribution in [0.4, 0.5) is 5.69 Å². The summed E-state index contributed by atoms with van der Waals surface area (Å²) < 4.78 is 5.43. The van der Waals surface area contributed by atoms with Crippen LogP contribution in [-0.2, 0) is 4.79 Å². The highest BCUT2D eigenvalue weighted by atomic mass is 16.4. The van der Waals surface area contributed by atoms with Gasteiger partial charge in [-0.1, -0.05) is 31.2 Å². The number of para-hydroxylation sites is 1. The zero-order valence-electron chi connectivity index (χ0n) is 16.9. The third-order valence-corrected chi connectivity index (χ3v) is 4.77. The molecular formula is C23H26N2O4. The van der Waals surface area contributed by atoms with Gasteiger partial charge in [0.25, 0.3) is 0 Å². The van der Waals surface area contributed by atoms with Crippen LogP contribution in [0.25, 0.3) is 11.0 Å². The Bertz CT molecular complexity index is 1100. The third kappa shape index (κ3) is 4.66. The van der Waals surface area contributed by atoms with E-state index in [0.717, 1.165) is 5.56 Å². The summed E-state index contributed by atoms with van der Waals surface area (Å²) in [5, 5.41) is 14.1. The van der Waals surface area contributed by atoms with E-state index in [0.29, 0.717) is 23.1 Å². The van der Waals surface area contributed by atoms with Crippen LogP contribution in [0.3, 0.4) is 0 Å². The minimum Gasteiger partial charge on any atom is -0.507 e. The number of aromatic hydroxyl groups is 1. The van der Waals surface area contributed by atoms with Gasteiger partial charge in [0.1, 0.15) is 11.3 Å². The minimum atomic E-state index is -0.608. The van der Waals surface area contributed by atoms with Gasteiger partial charge in [-0.15, -0.1) is 0 Å². The van der Waals surface area contributed by atoms with Gasteiger partial charge < -0.3 is 20.6 Å². The molecule has 0 aliphatic heterocycles. The van der Waals surface area contributed by atoms with Gasteiger partial charge in [-0.3, -0.25) is 4.79 Å². The van der Waals surface area contributed by atoms with Crippen molar-refractivity contribution >= 4 is 22.6 Å². The second-order valence-corrected chi connectivity index (χ2v) is 7.95. The molecule has 1 aromatic heterocycles. The van der Waals surface area contributed by atoms with Gasteiger partial charge in [-0.25, -0.2) is 4.79 Å². The Morgan fingerprint density at radius 2 is 1.93 bits per heavy atom. The van der Waals surface area contributed by atoms with Crippen LogP contribution in [-0.4, -0.2) is 16.6 Å². The van der Waals surface area contributed by atoms with Gasteiger partial charge in [-0.2, -0.15) is 0 Å². The van der Waals surface area contributed by atoms with E-state index < -0.39 is 11.2 Å². The highest BCUT2D eigenvalue weighted by Gasteiger charge is 2.24. The quantitative estimate of drug-likeness (QED) is 0.546. The van der Waals surface area contributed by atoms with Gasteiger partial charge in [-0.05, 0) is 50.1 Å². The van der Waals surface area contributed by atoms with E-state index in [4.69, 9.17) is 10.2 Å². The summed E-state index contributed by atoms with van der Waals surface area (Å²) in [6.45, 7) is 5.51. The summed E-state index contributed by atoms with van der Waals surface area (Å²) in [7, 11) is 0. The van der Waals surface area contributed by atoms with Gasteiger partial charge >= 0.3 is 5.63 Å². The van der Waals surface area contributed by atoms with Crippen LogP contribution in [0.1, 0.15) is 50.7 Å². The Labute approximate surface area is 169 Å². The monoisotopic (exact) mass is 394 g/mol. The number of benzene rings is 2. The van der Waals surface area contributed by atoms with Crippen molar-refractivity contribution < 1.29 is 14.3 Å². The second-order valence-electron chi connectivity index (χ2n) is 7.95. The topological polar surface area (TPSA) is 106 Å². The highest BCUT2D eigenvalue weighted by Crippen LogP contribution is 2.36. The molecule has 0 radical (unpaired) electrons. The molecule has 6 heteroatoms. The summed E-state index contributed by atoms with van der Waals surface area (Å²) >= 11 is 0. The van der Waals surface area contributed by atoms with E-state index in [9.17, 15) is 14.7 Å². The highest BCUT2D eigenvalue weighted by molar-refractivity contribution is 5.91. The molecule has 3 aromatic rings. The number of fused-ring (bicyclic) bond motifs is 1. The average Bonchev–Trinajstić information content (AvgIpc) is 2.63. The largest absolute Gasteiger partial charge is 0.507 e. The molecule has 6 nitrogen and oxygen atoms in total. The molecule has 4 N–H and O–H groups in total. The fourth-order valence-corrected chi connectivity index (χ4v) is 3.51. The number of nitrogens with one attached hydrogen (secondary N) is 1. The lowest BCUT2D eigenvalue weighted by atomic mass is 9.88. The lowest BCUT2D eigenvalue weighted by molar-refractivity contribution is -0.117. The minimum absolute atomic E-state index is 0.0666.